The second kappa shape index (κ2) is 15.4. The second-order valence-corrected chi connectivity index (χ2v) is 3.47. The van der Waals surface area contributed by atoms with Crippen molar-refractivity contribution in [1.82, 2.24) is 5.32 Å². The number of hydrogen-bond acceptors (Lipinski definition) is 3. The number of nitrogens with one attached hydrogen (secondary N) is 1. The molecule has 114 valence electrons. The van der Waals surface area contributed by atoms with Gasteiger partial charge in [-0.3, -0.25) is 4.79 Å². The molecule has 0 saturated heterocycles. The van der Waals surface area contributed by atoms with Crippen LogP contribution in [-0.4, -0.2) is 26.0 Å². The van der Waals surface area contributed by atoms with Crippen LogP contribution in [0.2, 0.25) is 0 Å². The summed E-state index contributed by atoms with van der Waals surface area (Å²) in [6.07, 6.45) is 3.33. The molecule has 1 aromatic rings. The summed E-state index contributed by atoms with van der Waals surface area (Å²) in [6, 6.07) is 7.66. The minimum atomic E-state index is 0.0431. The van der Waals surface area contributed by atoms with E-state index in [1.807, 2.05) is 59.0 Å². The number of allylic oxidation sites excluding steroid dienone is 1. The number of carbonyl (C=O) groups is 1. The molecule has 20 heavy (non-hydrogen) atoms. The monoisotopic (exact) mass is 279 g/mol. The van der Waals surface area contributed by atoms with Gasteiger partial charge < -0.3 is 10.1 Å². The maximum atomic E-state index is 10.8. The van der Waals surface area contributed by atoms with E-state index in [0.717, 1.165) is 17.9 Å². The Morgan fingerprint density at radius 3 is 2.45 bits per heavy atom. The Hall–Kier alpha value is -1.61. The van der Waals surface area contributed by atoms with E-state index in [-0.39, 0.29) is 5.78 Å². The van der Waals surface area contributed by atoms with E-state index in [1.165, 1.54) is 6.92 Å². The lowest BCUT2D eigenvalue weighted by atomic mass is 10.2. The third kappa shape index (κ3) is 11.5. The molecule has 1 N–H and O–H groups in total. The second-order valence-electron chi connectivity index (χ2n) is 3.47. The Kier molecular flexibility index (Phi) is 16.0. The fourth-order valence-corrected chi connectivity index (χ4v) is 1.19. The van der Waals surface area contributed by atoms with E-state index in [2.05, 4.69) is 5.32 Å². The molecule has 1 aromatic carbocycles. The van der Waals surface area contributed by atoms with Crippen LogP contribution in [0.15, 0.2) is 30.3 Å². The maximum absolute atomic E-state index is 10.8. The molecule has 0 spiro atoms. The van der Waals surface area contributed by atoms with Crippen molar-refractivity contribution in [3.63, 3.8) is 0 Å². The van der Waals surface area contributed by atoms with Crippen molar-refractivity contribution in [2.45, 2.75) is 34.6 Å². The van der Waals surface area contributed by atoms with Gasteiger partial charge in [0.2, 0.25) is 0 Å². The molecular weight excluding hydrogens is 250 g/mol. The lowest BCUT2D eigenvalue weighted by Crippen LogP contribution is -2.15. The van der Waals surface area contributed by atoms with Gasteiger partial charge in [-0.05, 0) is 37.7 Å². The molecular formula is C17H29NO2. The summed E-state index contributed by atoms with van der Waals surface area (Å²) in [4.78, 5) is 10.8. The zero-order valence-corrected chi connectivity index (χ0v) is 13.7. The molecule has 0 aromatic heterocycles. The highest BCUT2D eigenvalue weighted by Gasteiger charge is 1.94. The Balaban J connectivity index is 0. The minimum Gasteiger partial charge on any atom is -0.492 e. The Labute approximate surface area is 124 Å². The number of carbonyl (C=O) groups excluding carboxylic acids is 1. The normalized spacial score (nSPS) is 9.10. The van der Waals surface area contributed by atoms with Gasteiger partial charge in [0.1, 0.15) is 12.4 Å². The lowest BCUT2D eigenvalue weighted by Gasteiger charge is -2.05. The number of ketones is 1. The summed E-state index contributed by atoms with van der Waals surface area (Å²) >= 11 is 0. The molecule has 0 unspecified atom stereocenters. The van der Waals surface area contributed by atoms with Crippen molar-refractivity contribution in [1.29, 1.82) is 0 Å². The highest BCUT2D eigenvalue weighted by molar-refractivity contribution is 5.91. The largest absolute Gasteiger partial charge is 0.492 e. The highest BCUT2D eigenvalue weighted by Crippen LogP contribution is 2.14. The number of hydrogen-bond donors (Lipinski definition) is 1. The summed E-state index contributed by atoms with van der Waals surface area (Å²) in [7, 11) is 1.88. The molecule has 0 saturated carbocycles. The predicted octanol–water partition coefficient (Wildman–Crippen LogP) is 3.94. The maximum Gasteiger partial charge on any atom is 0.152 e. The average Bonchev–Trinajstić information content (AvgIpc) is 2.50. The number of rotatable bonds is 6. The summed E-state index contributed by atoms with van der Waals surface area (Å²) in [5, 5.41) is 3.01. The number of likely N-dealkylation sites (N-methyl/N-ethyl adjacent to an activating group) is 1. The molecule has 0 amide bonds. The summed E-state index contributed by atoms with van der Waals surface area (Å²) in [6.45, 7) is 11.0. The summed E-state index contributed by atoms with van der Waals surface area (Å²) in [5.74, 6) is 0.863. The number of ether oxygens (including phenoxy) is 1. The summed E-state index contributed by atoms with van der Waals surface area (Å²) < 4.78 is 5.51. The topological polar surface area (TPSA) is 38.3 Å². The molecule has 1 rings (SSSR count). The van der Waals surface area contributed by atoms with Crippen molar-refractivity contribution in [3.8, 4) is 5.75 Å². The van der Waals surface area contributed by atoms with Crippen LogP contribution in [0.25, 0.3) is 6.08 Å². The van der Waals surface area contributed by atoms with Gasteiger partial charge in [-0.1, -0.05) is 45.9 Å². The van der Waals surface area contributed by atoms with E-state index >= 15 is 0 Å². The van der Waals surface area contributed by atoms with E-state index < -0.39 is 0 Å². The third-order valence-electron chi connectivity index (χ3n) is 1.99. The zero-order valence-electron chi connectivity index (χ0n) is 13.7. The van der Waals surface area contributed by atoms with Gasteiger partial charge in [-0.25, -0.2) is 0 Å². The molecule has 0 aliphatic heterocycles. The van der Waals surface area contributed by atoms with Crippen LogP contribution in [0.5, 0.6) is 5.75 Å². The molecule has 0 heterocycles. The van der Waals surface area contributed by atoms with Gasteiger partial charge in [0.25, 0.3) is 0 Å². The van der Waals surface area contributed by atoms with Gasteiger partial charge >= 0.3 is 0 Å². The lowest BCUT2D eigenvalue weighted by molar-refractivity contribution is -0.112. The van der Waals surface area contributed by atoms with Crippen molar-refractivity contribution >= 4 is 11.9 Å². The molecule has 3 heteroatoms. The Morgan fingerprint density at radius 2 is 1.90 bits per heavy atom. The van der Waals surface area contributed by atoms with Gasteiger partial charge in [0.05, 0.1) is 0 Å². The first-order valence-corrected chi connectivity index (χ1v) is 7.28. The van der Waals surface area contributed by atoms with E-state index in [4.69, 9.17) is 4.74 Å². The molecule has 0 fully saturated rings. The Morgan fingerprint density at radius 1 is 1.25 bits per heavy atom. The molecule has 0 aliphatic carbocycles. The van der Waals surface area contributed by atoms with E-state index in [0.29, 0.717) is 6.61 Å². The van der Waals surface area contributed by atoms with Gasteiger partial charge in [-0.2, -0.15) is 0 Å². The van der Waals surface area contributed by atoms with Crippen molar-refractivity contribution in [2.75, 3.05) is 20.2 Å². The number of benzene rings is 1. The SMILES string of the molecule is CC.CC.CNCCOc1cccc(/C=C/C(C)=O)c1. The first kappa shape index (κ1) is 20.7. The van der Waals surface area contributed by atoms with Crippen LogP contribution in [0.4, 0.5) is 0 Å². The predicted molar refractivity (Wildman–Crippen MR) is 88.3 cm³/mol. The van der Waals surface area contributed by atoms with Crippen LogP contribution in [0.3, 0.4) is 0 Å². The first-order valence-electron chi connectivity index (χ1n) is 7.28. The first-order chi connectivity index (χ1) is 9.72. The van der Waals surface area contributed by atoms with E-state index in [1.54, 1.807) is 12.2 Å². The van der Waals surface area contributed by atoms with Crippen LogP contribution >= 0.6 is 0 Å². The minimum absolute atomic E-state index is 0.0431. The van der Waals surface area contributed by atoms with Crippen LogP contribution in [-0.2, 0) is 4.79 Å². The van der Waals surface area contributed by atoms with Gasteiger partial charge in [0, 0.05) is 6.54 Å². The Bertz CT molecular complexity index is 373. The molecule has 3 nitrogen and oxygen atoms in total. The fraction of sp³-hybridized carbons (Fsp3) is 0.471. The fourth-order valence-electron chi connectivity index (χ4n) is 1.19. The van der Waals surface area contributed by atoms with Crippen molar-refractivity contribution in [2.24, 2.45) is 0 Å². The smallest absolute Gasteiger partial charge is 0.152 e. The van der Waals surface area contributed by atoms with Crippen LogP contribution in [0.1, 0.15) is 40.2 Å². The standard InChI is InChI=1S/C13H17NO2.2C2H6/c1-11(15)6-7-12-4-3-5-13(10-12)16-9-8-14-2;2*1-2/h3-7,10,14H,8-9H2,1-2H3;2*1-2H3/b7-6+;;. The van der Waals surface area contributed by atoms with Crippen molar-refractivity contribution < 1.29 is 9.53 Å². The molecule has 0 atom stereocenters. The van der Waals surface area contributed by atoms with Gasteiger partial charge in [0.15, 0.2) is 5.78 Å². The van der Waals surface area contributed by atoms with E-state index in [9.17, 15) is 4.79 Å². The molecule has 0 radical (unpaired) electrons. The summed E-state index contributed by atoms with van der Waals surface area (Å²) in [5.41, 5.74) is 0.970. The highest BCUT2D eigenvalue weighted by atomic mass is 16.5. The van der Waals surface area contributed by atoms with Crippen LogP contribution in [0, 0.1) is 0 Å². The molecule has 0 aliphatic rings. The quantitative estimate of drug-likeness (QED) is 0.633. The van der Waals surface area contributed by atoms with Crippen LogP contribution < -0.4 is 10.1 Å². The van der Waals surface area contributed by atoms with Crippen molar-refractivity contribution in [3.05, 3.63) is 35.9 Å². The average molecular weight is 279 g/mol. The van der Waals surface area contributed by atoms with Gasteiger partial charge in [-0.15, -0.1) is 0 Å². The molecule has 0 bridgehead atoms. The zero-order chi connectivity index (χ0) is 15.8. The third-order valence-corrected chi connectivity index (χ3v) is 1.99.